The van der Waals surface area contributed by atoms with Crippen LogP contribution in [0.25, 0.3) is 11.1 Å². The van der Waals surface area contributed by atoms with Crippen molar-refractivity contribution in [3.05, 3.63) is 89.5 Å². The number of fused-ring (bicyclic) bond motifs is 3. The summed E-state index contributed by atoms with van der Waals surface area (Å²) >= 11 is 0. The lowest BCUT2D eigenvalue weighted by molar-refractivity contribution is 0.143. The van der Waals surface area contributed by atoms with Crippen molar-refractivity contribution in [2.45, 2.75) is 56.9 Å². The molecule has 1 atom stereocenters. The maximum Gasteiger partial charge on any atom is 0.407 e. The number of benzene rings is 3. The first-order chi connectivity index (χ1) is 19.2. The molecule has 40 heavy (non-hydrogen) atoms. The number of hydrogen-bond acceptors (Lipinski definition) is 5. The van der Waals surface area contributed by atoms with Gasteiger partial charge in [-0.2, -0.15) is 4.31 Å². The Kier molecular flexibility index (Phi) is 10.0. The molecule has 0 spiro atoms. The lowest BCUT2D eigenvalue weighted by atomic mass is 9.98. The molecule has 7 nitrogen and oxygen atoms in total. The first-order valence-electron chi connectivity index (χ1n) is 14.1. The Bertz CT molecular complexity index is 1340. The topological polar surface area (TPSA) is 102 Å². The van der Waals surface area contributed by atoms with Gasteiger partial charge in [-0.15, -0.1) is 0 Å². The maximum atomic E-state index is 13.5. The second-order valence-corrected chi connectivity index (χ2v) is 12.8. The van der Waals surface area contributed by atoms with Crippen LogP contribution < -0.4 is 11.1 Å². The third-order valence-corrected chi connectivity index (χ3v) is 9.36. The SMILES string of the molecule is Cc1ccc(S(=O)(=O)N(CC(C)C)[C@H](CN)CCCCNC(=O)OCC2c3ccccc3-c3ccccc32)cc1. The number of rotatable bonds is 13. The van der Waals surface area contributed by atoms with Gasteiger partial charge >= 0.3 is 6.09 Å². The van der Waals surface area contributed by atoms with Gasteiger partial charge in [-0.1, -0.05) is 86.5 Å². The number of carbonyl (C=O) groups is 1. The zero-order chi connectivity index (χ0) is 28.7. The minimum atomic E-state index is -3.67. The Morgan fingerprint density at radius 1 is 0.950 bits per heavy atom. The normalized spacial score (nSPS) is 13.8. The maximum absolute atomic E-state index is 13.5. The van der Waals surface area contributed by atoms with E-state index in [-0.39, 0.29) is 35.9 Å². The van der Waals surface area contributed by atoms with E-state index in [2.05, 4.69) is 29.6 Å². The quantitative estimate of drug-likeness (QED) is 0.261. The summed E-state index contributed by atoms with van der Waals surface area (Å²) in [5, 5.41) is 2.84. The first-order valence-corrected chi connectivity index (χ1v) is 15.5. The van der Waals surface area contributed by atoms with E-state index < -0.39 is 16.1 Å². The fraction of sp³-hybridized carbons (Fsp3) is 0.406. The summed E-state index contributed by atoms with van der Waals surface area (Å²) in [5.74, 6) is 0.176. The molecule has 0 unspecified atom stereocenters. The van der Waals surface area contributed by atoms with Gasteiger partial charge in [0.2, 0.25) is 10.0 Å². The van der Waals surface area contributed by atoms with Gasteiger partial charge in [0.1, 0.15) is 6.61 Å². The summed E-state index contributed by atoms with van der Waals surface area (Å²) in [5.41, 5.74) is 11.8. The van der Waals surface area contributed by atoms with Gasteiger partial charge in [-0.3, -0.25) is 0 Å². The monoisotopic (exact) mass is 563 g/mol. The predicted molar refractivity (Wildman–Crippen MR) is 160 cm³/mol. The highest BCUT2D eigenvalue weighted by atomic mass is 32.2. The predicted octanol–water partition coefficient (Wildman–Crippen LogP) is 5.68. The molecule has 214 valence electrons. The zero-order valence-corrected chi connectivity index (χ0v) is 24.5. The van der Waals surface area contributed by atoms with Crippen LogP contribution >= 0.6 is 0 Å². The molecule has 0 bridgehead atoms. The fourth-order valence-electron chi connectivity index (χ4n) is 5.37. The molecule has 0 aromatic heterocycles. The van der Waals surface area contributed by atoms with E-state index in [1.807, 2.05) is 57.2 Å². The van der Waals surface area contributed by atoms with Gasteiger partial charge in [-0.05, 0) is 60.1 Å². The number of aryl methyl sites for hydroxylation is 1. The Labute approximate surface area is 238 Å². The number of hydrogen-bond donors (Lipinski definition) is 2. The molecule has 8 heteroatoms. The Morgan fingerprint density at radius 3 is 2.12 bits per heavy atom. The number of sulfonamides is 1. The van der Waals surface area contributed by atoms with Crippen LogP contribution in [-0.2, 0) is 14.8 Å². The molecule has 3 N–H and O–H groups in total. The van der Waals surface area contributed by atoms with Crippen molar-refractivity contribution >= 4 is 16.1 Å². The van der Waals surface area contributed by atoms with Crippen LogP contribution in [-0.4, -0.2) is 51.1 Å². The minimum absolute atomic E-state index is 0.0193. The number of nitrogens with zero attached hydrogens (tertiary/aromatic N) is 1. The highest BCUT2D eigenvalue weighted by molar-refractivity contribution is 7.89. The smallest absolute Gasteiger partial charge is 0.407 e. The third-order valence-electron chi connectivity index (χ3n) is 7.43. The molecular weight excluding hydrogens is 522 g/mol. The molecule has 0 fully saturated rings. The molecule has 4 rings (SSSR count). The van der Waals surface area contributed by atoms with Gasteiger partial charge in [0.25, 0.3) is 0 Å². The van der Waals surface area contributed by atoms with E-state index in [0.717, 1.165) is 12.0 Å². The summed E-state index contributed by atoms with van der Waals surface area (Å²) in [4.78, 5) is 12.8. The standard InChI is InChI=1S/C32H41N3O4S/c1-23(2)21-35(40(37,38)26-17-15-24(3)16-18-26)25(20-33)10-8-9-19-34-32(36)39-22-31-29-13-6-4-11-27(29)28-12-5-7-14-30(28)31/h4-7,11-18,23,25,31H,8-10,19-22,33H2,1-3H3,(H,34,36)/t25-/m0/s1. The largest absolute Gasteiger partial charge is 0.449 e. The Morgan fingerprint density at radius 2 is 1.55 bits per heavy atom. The summed E-state index contributed by atoms with van der Waals surface area (Å²) in [6.07, 6.45) is 1.59. The first kappa shape index (κ1) is 29.8. The molecule has 1 amide bonds. The summed E-state index contributed by atoms with van der Waals surface area (Å²) in [6.45, 7) is 7.29. The average Bonchev–Trinajstić information content (AvgIpc) is 3.26. The van der Waals surface area contributed by atoms with Gasteiger partial charge < -0.3 is 15.8 Å². The number of unbranched alkanes of at least 4 members (excludes halogenated alkanes) is 1. The van der Waals surface area contributed by atoms with Gasteiger partial charge in [0, 0.05) is 31.6 Å². The summed E-state index contributed by atoms with van der Waals surface area (Å²) in [7, 11) is -3.67. The van der Waals surface area contributed by atoms with E-state index in [4.69, 9.17) is 10.5 Å². The lowest BCUT2D eigenvalue weighted by Crippen LogP contribution is -2.46. The number of alkyl carbamates (subject to hydrolysis) is 1. The molecule has 0 saturated heterocycles. The fourth-order valence-corrected chi connectivity index (χ4v) is 7.20. The van der Waals surface area contributed by atoms with Crippen LogP contribution in [0.3, 0.4) is 0 Å². The van der Waals surface area contributed by atoms with Crippen molar-refractivity contribution in [3.63, 3.8) is 0 Å². The van der Waals surface area contributed by atoms with Crippen molar-refractivity contribution in [3.8, 4) is 11.1 Å². The van der Waals surface area contributed by atoms with Gasteiger partial charge in [0.15, 0.2) is 0 Å². The summed E-state index contributed by atoms with van der Waals surface area (Å²) < 4.78 is 34.2. The van der Waals surface area contributed by atoms with Crippen molar-refractivity contribution < 1.29 is 17.9 Å². The van der Waals surface area contributed by atoms with E-state index >= 15 is 0 Å². The van der Waals surface area contributed by atoms with Crippen LogP contribution in [0.2, 0.25) is 0 Å². The molecule has 3 aromatic carbocycles. The Hall–Kier alpha value is -3.20. The van der Waals surface area contributed by atoms with Crippen LogP contribution in [0.5, 0.6) is 0 Å². The highest BCUT2D eigenvalue weighted by Crippen LogP contribution is 2.44. The molecule has 0 radical (unpaired) electrons. The number of carbonyl (C=O) groups excluding carboxylic acids is 1. The van der Waals surface area contributed by atoms with Crippen molar-refractivity contribution in [1.82, 2.24) is 9.62 Å². The molecule has 0 heterocycles. The van der Waals surface area contributed by atoms with Crippen LogP contribution in [0.1, 0.15) is 55.7 Å². The van der Waals surface area contributed by atoms with E-state index in [9.17, 15) is 13.2 Å². The second-order valence-electron chi connectivity index (χ2n) is 10.9. The third kappa shape index (κ3) is 6.92. The zero-order valence-electron chi connectivity index (χ0n) is 23.7. The van der Waals surface area contributed by atoms with E-state index in [0.29, 0.717) is 25.9 Å². The molecule has 0 aliphatic heterocycles. The highest BCUT2D eigenvalue weighted by Gasteiger charge is 2.31. The second kappa shape index (κ2) is 13.4. The number of nitrogens with one attached hydrogen (secondary N) is 1. The van der Waals surface area contributed by atoms with Gasteiger partial charge in [-0.25, -0.2) is 13.2 Å². The van der Waals surface area contributed by atoms with Crippen LogP contribution in [0.15, 0.2) is 77.7 Å². The molecule has 3 aromatic rings. The van der Waals surface area contributed by atoms with E-state index in [1.165, 1.54) is 22.3 Å². The minimum Gasteiger partial charge on any atom is -0.449 e. The van der Waals surface area contributed by atoms with Crippen LogP contribution in [0.4, 0.5) is 4.79 Å². The van der Waals surface area contributed by atoms with E-state index in [1.54, 1.807) is 16.4 Å². The molecule has 1 aliphatic carbocycles. The van der Waals surface area contributed by atoms with Gasteiger partial charge in [0.05, 0.1) is 4.90 Å². The molecule has 0 saturated carbocycles. The lowest BCUT2D eigenvalue weighted by Gasteiger charge is -2.31. The number of ether oxygens (including phenoxy) is 1. The van der Waals surface area contributed by atoms with Crippen molar-refractivity contribution in [1.29, 1.82) is 0 Å². The average molecular weight is 564 g/mol. The van der Waals surface area contributed by atoms with Crippen molar-refractivity contribution in [2.75, 3.05) is 26.2 Å². The molecular formula is C32H41N3O4S. The number of amides is 1. The van der Waals surface area contributed by atoms with Crippen molar-refractivity contribution in [2.24, 2.45) is 11.7 Å². The summed E-state index contributed by atoms with van der Waals surface area (Å²) in [6, 6.07) is 23.1. The Balaban J connectivity index is 1.27. The number of nitrogens with two attached hydrogens (primary N) is 1. The molecule has 1 aliphatic rings. The van der Waals surface area contributed by atoms with Crippen LogP contribution in [0, 0.1) is 12.8 Å².